The van der Waals surface area contributed by atoms with E-state index in [4.69, 9.17) is 11.1 Å². The van der Waals surface area contributed by atoms with E-state index in [1.165, 1.54) is 0 Å². The van der Waals surface area contributed by atoms with Crippen LogP contribution in [0.2, 0.25) is 0 Å². The lowest BCUT2D eigenvalue weighted by Gasteiger charge is -2.10. The van der Waals surface area contributed by atoms with Gasteiger partial charge in [-0.05, 0) is 19.3 Å². The number of hydrogen-bond acceptors (Lipinski definition) is 3. The van der Waals surface area contributed by atoms with Crippen LogP contribution in [-0.2, 0) is 0 Å². The minimum Gasteiger partial charge on any atom is -0.269 e. The molecule has 1 fully saturated rings. The molecular formula is C7H13N3. The van der Waals surface area contributed by atoms with Gasteiger partial charge in [-0.1, -0.05) is 0 Å². The minimum absolute atomic E-state index is 0.244. The molecule has 0 spiro atoms. The second-order valence-corrected chi connectivity index (χ2v) is 2.79. The van der Waals surface area contributed by atoms with Crippen LogP contribution in [0.5, 0.6) is 0 Å². The molecule has 56 valence electrons. The van der Waals surface area contributed by atoms with Gasteiger partial charge in [-0.2, -0.15) is 5.26 Å². The van der Waals surface area contributed by atoms with Crippen LogP contribution in [0.15, 0.2) is 0 Å². The van der Waals surface area contributed by atoms with Crippen LogP contribution < -0.4 is 5.84 Å². The first-order valence-corrected chi connectivity index (χ1v) is 3.72. The van der Waals surface area contributed by atoms with Gasteiger partial charge < -0.3 is 0 Å². The molecule has 1 rings (SSSR count). The van der Waals surface area contributed by atoms with Crippen molar-refractivity contribution in [3.05, 3.63) is 0 Å². The first-order chi connectivity index (χ1) is 4.83. The highest BCUT2D eigenvalue weighted by Crippen LogP contribution is 2.13. The summed E-state index contributed by atoms with van der Waals surface area (Å²) in [4.78, 5) is 0. The summed E-state index contributed by atoms with van der Waals surface area (Å²) in [5, 5.41) is 10.4. The maximum absolute atomic E-state index is 8.59. The van der Waals surface area contributed by atoms with Crippen molar-refractivity contribution < 1.29 is 0 Å². The summed E-state index contributed by atoms with van der Waals surface area (Å²) in [6, 6.07) is 2.28. The van der Waals surface area contributed by atoms with Crippen molar-refractivity contribution in [1.82, 2.24) is 5.01 Å². The van der Waals surface area contributed by atoms with Gasteiger partial charge in [0.25, 0.3) is 0 Å². The van der Waals surface area contributed by atoms with Crippen LogP contribution in [0.25, 0.3) is 0 Å². The van der Waals surface area contributed by atoms with Crippen LogP contribution in [0.1, 0.15) is 19.3 Å². The predicted octanol–water partition coefficient (Wildman–Crippen LogP) is 0.486. The summed E-state index contributed by atoms with van der Waals surface area (Å²) in [5.41, 5.74) is 0. The second-order valence-electron chi connectivity index (χ2n) is 2.79. The maximum Gasteiger partial charge on any atom is 0.0656 e. The Balaban J connectivity index is 2.35. The number of nitrogens with two attached hydrogens (primary N) is 1. The highest BCUT2D eigenvalue weighted by atomic mass is 15.4. The van der Waals surface area contributed by atoms with Crippen molar-refractivity contribution in [3.8, 4) is 6.07 Å². The smallest absolute Gasteiger partial charge is 0.0656 e. The van der Waals surface area contributed by atoms with Gasteiger partial charge in [-0.25, -0.2) is 5.01 Å². The second kappa shape index (κ2) is 3.55. The molecule has 1 heterocycles. The molecule has 0 aromatic rings. The first-order valence-electron chi connectivity index (χ1n) is 3.72. The summed E-state index contributed by atoms with van der Waals surface area (Å²) in [7, 11) is 0. The highest BCUT2D eigenvalue weighted by Gasteiger charge is 2.13. The Bertz CT molecular complexity index is 138. The molecule has 1 aliphatic heterocycles. The molecule has 0 amide bonds. The minimum atomic E-state index is 0.244. The Hall–Kier alpha value is -0.590. The van der Waals surface area contributed by atoms with E-state index in [1.54, 1.807) is 5.01 Å². The number of nitrogens with zero attached hydrogens (tertiary/aromatic N) is 2. The number of hydrazine groups is 1. The van der Waals surface area contributed by atoms with Crippen LogP contribution in [-0.4, -0.2) is 18.1 Å². The largest absolute Gasteiger partial charge is 0.269 e. The van der Waals surface area contributed by atoms with Gasteiger partial charge in [-0.15, -0.1) is 0 Å². The van der Waals surface area contributed by atoms with Crippen LogP contribution in [0.3, 0.4) is 0 Å². The van der Waals surface area contributed by atoms with Crippen molar-refractivity contribution in [1.29, 1.82) is 5.26 Å². The molecule has 3 nitrogen and oxygen atoms in total. The summed E-state index contributed by atoms with van der Waals surface area (Å²) >= 11 is 0. The summed E-state index contributed by atoms with van der Waals surface area (Å²) in [5.74, 6) is 5.82. The standard InChI is InChI=1S/C7H13N3/c8-6-7-2-1-4-10(9)5-3-7/h7H,1-5,9H2. The molecule has 1 saturated heterocycles. The van der Waals surface area contributed by atoms with E-state index < -0.39 is 0 Å². The molecule has 0 saturated carbocycles. The molecule has 1 unspecified atom stereocenters. The van der Waals surface area contributed by atoms with Gasteiger partial charge in [-0.3, -0.25) is 5.84 Å². The zero-order valence-electron chi connectivity index (χ0n) is 6.08. The average Bonchev–Trinajstić information content (AvgIpc) is 2.14. The fraction of sp³-hybridized carbons (Fsp3) is 0.857. The molecular weight excluding hydrogens is 126 g/mol. The molecule has 0 aromatic carbocycles. The van der Waals surface area contributed by atoms with E-state index in [-0.39, 0.29) is 5.92 Å². The third-order valence-electron chi connectivity index (χ3n) is 1.95. The van der Waals surface area contributed by atoms with Gasteiger partial charge in [0.2, 0.25) is 0 Å². The quantitative estimate of drug-likeness (QED) is 0.497. The van der Waals surface area contributed by atoms with Gasteiger partial charge in [0.05, 0.1) is 6.07 Å². The third kappa shape index (κ3) is 1.98. The average molecular weight is 139 g/mol. The van der Waals surface area contributed by atoms with Crippen LogP contribution >= 0.6 is 0 Å². The molecule has 2 N–H and O–H groups in total. The molecule has 0 bridgehead atoms. The number of rotatable bonds is 0. The van der Waals surface area contributed by atoms with Gasteiger partial charge >= 0.3 is 0 Å². The molecule has 1 atom stereocenters. The van der Waals surface area contributed by atoms with Crippen molar-refractivity contribution in [2.24, 2.45) is 11.8 Å². The van der Waals surface area contributed by atoms with E-state index in [9.17, 15) is 0 Å². The highest BCUT2D eigenvalue weighted by molar-refractivity contribution is 4.84. The van der Waals surface area contributed by atoms with Gasteiger partial charge in [0, 0.05) is 19.0 Å². The zero-order chi connectivity index (χ0) is 7.40. The topological polar surface area (TPSA) is 53.0 Å². The third-order valence-corrected chi connectivity index (χ3v) is 1.95. The van der Waals surface area contributed by atoms with E-state index in [1.807, 2.05) is 0 Å². The lowest BCUT2D eigenvalue weighted by molar-refractivity contribution is 0.294. The zero-order valence-corrected chi connectivity index (χ0v) is 6.08. The van der Waals surface area contributed by atoms with Gasteiger partial charge in [0.1, 0.15) is 0 Å². The van der Waals surface area contributed by atoms with E-state index in [2.05, 4.69) is 6.07 Å². The first kappa shape index (κ1) is 7.52. The maximum atomic E-state index is 8.59. The molecule has 10 heavy (non-hydrogen) atoms. The Kier molecular flexibility index (Phi) is 2.67. The van der Waals surface area contributed by atoms with E-state index in [0.717, 1.165) is 32.4 Å². The fourth-order valence-corrected chi connectivity index (χ4v) is 1.25. The lowest BCUT2D eigenvalue weighted by atomic mass is 10.0. The SMILES string of the molecule is N#CC1CCCN(N)CC1. The van der Waals surface area contributed by atoms with Crippen molar-refractivity contribution in [2.45, 2.75) is 19.3 Å². The fourth-order valence-electron chi connectivity index (χ4n) is 1.25. The van der Waals surface area contributed by atoms with E-state index >= 15 is 0 Å². The predicted molar refractivity (Wildman–Crippen MR) is 38.7 cm³/mol. The summed E-state index contributed by atoms with van der Waals surface area (Å²) < 4.78 is 0. The Morgan fingerprint density at radius 1 is 1.40 bits per heavy atom. The van der Waals surface area contributed by atoms with Crippen LogP contribution in [0, 0.1) is 17.2 Å². The van der Waals surface area contributed by atoms with Crippen LogP contribution in [0.4, 0.5) is 0 Å². The molecule has 0 radical (unpaired) electrons. The Labute approximate surface area is 61.4 Å². The monoisotopic (exact) mass is 139 g/mol. The normalized spacial score (nSPS) is 29.0. The lowest BCUT2D eigenvalue weighted by Crippen LogP contribution is -2.31. The molecule has 1 aliphatic rings. The van der Waals surface area contributed by atoms with Crippen molar-refractivity contribution >= 4 is 0 Å². The van der Waals surface area contributed by atoms with Crippen molar-refractivity contribution in [3.63, 3.8) is 0 Å². The number of nitriles is 1. The Morgan fingerprint density at radius 3 is 2.90 bits per heavy atom. The van der Waals surface area contributed by atoms with E-state index in [0.29, 0.717) is 0 Å². The summed E-state index contributed by atoms with van der Waals surface area (Å²) in [6.07, 6.45) is 3.02. The molecule has 0 aliphatic carbocycles. The Morgan fingerprint density at radius 2 is 2.20 bits per heavy atom. The molecule has 3 heteroatoms. The summed E-state index contributed by atoms with van der Waals surface area (Å²) in [6.45, 7) is 1.82. The van der Waals surface area contributed by atoms with Crippen molar-refractivity contribution in [2.75, 3.05) is 13.1 Å². The molecule has 0 aromatic heterocycles. The van der Waals surface area contributed by atoms with Gasteiger partial charge in [0.15, 0.2) is 0 Å². The number of hydrogen-bond donors (Lipinski definition) is 1.